The number of methoxy groups -OCH3 is 2. The monoisotopic (exact) mass is 344 g/mol. The third kappa shape index (κ3) is 3.48. The Morgan fingerprint density at radius 1 is 1.20 bits per heavy atom. The summed E-state index contributed by atoms with van der Waals surface area (Å²) in [6.45, 7) is 3.35. The Morgan fingerprint density at radius 3 is 2.52 bits per heavy atom. The summed E-state index contributed by atoms with van der Waals surface area (Å²) in [5, 5.41) is 0. The third-order valence-electron chi connectivity index (χ3n) is 4.86. The van der Waals surface area contributed by atoms with Gasteiger partial charge in [0.15, 0.2) is 11.5 Å². The van der Waals surface area contributed by atoms with Crippen molar-refractivity contribution in [1.82, 2.24) is 4.90 Å². The lowest BCUT2D eigenvalue weighted by atomic mass is 9.88. The van der Waals surface area contributed by atoms with Crippen LogP contribution in [0.1, 0.15) is 29.7 Å². The van der Waals surface area contributed by atoms with Crippen LogP contribution in [0.15, 0.2) is 36.4 Å². The Kier molecular flexibility index (Phi) is 5.25. The van der Waals surface area contributed by atoms with Gasteiger partial charge in [0.1, 0.15) is 5.82 Å². The molecule has 0 aliphatic carbocycles. The highest BCUT2D eigenvalue weighted by atomic mass is 19.1. The smallest absolute Gasteiger partial charge is 0.161 e. The van der Waals surface area contributed by atoms with Gasteiger partial charge in [-0.3, -0.25) is 4.90 Å². The molecule has 0 saturated heterocycles. The van der Waals surface area contributed by atoms with Crippen LogP contribution in [-0.4, -0.2) is 31.7 Å². The Labute approximate surface area is 148 Å². The summed E-state index contributed by atoms with van der Waals surface area (Å²) in [4.78, 5) is 2.25. The van der Waals surface area contributed by atoms with Crippen molar-refractivity contribution >= 4 is 0 Å². The number of nitrogens with two attached hydrogens (primary N) is 1. The molecule has 0 spiro atoms. The highest BCUT2D eigenvalue weighted by Crippen LogP contribution is 2.39. The molecule has 1 heterocycles. The first-order valence-electron chi connectivity index (χ1n) is 8.53. The molecular formula is C20H25FN2O2. The van der Waals surface area contributed by atoms with Crippen molar-refractivity contribution in [3.63, 3.8) is 0 Å². The molecule has 3 rings (SSSR count). The SMILES string of the molecule is COc1cc2c(cc1OC)[C@@H]([C@@H](C)N)N(Cc1ccccc1F)CC2. The molecule has 2 aromatic rings. The van der Waals surface area contributed by atoms with Gasteiger partial charge in [0.2, 0.25) is 0 Å². The van der Waals surface area contributed by atoms with Crippen molar-refractivity contribution in [2.75, 3.05) is 20.8 Å². The minimum atomic E-state index is -0.177. The first-order valence-corrected chi connectivity index (χ1v) is 8.53. The topological polar surface area (TPSA) is 47.7 Å². The highest BCUT2D eigenvalue weighted by Gasteiger charge is 2.31. The van der Waals surface area contributed by atoms with E-state index in [0.29, 0.717) is 17.9 Å². The van der Waals surface area contributed by atoms with Crippen LogP contribution in [-0.2, 0) is 13.0 Å². The van der Waals surface area contributed by atoms with Crippen molar-refractivity contribution in [2.24, 2.45) is 5.73 Å². The summed E-state index contributed by atoms with van der Waals surface area (Å²) in [7, 11) is 3.27. The average molecular weight is 344 g/mol. The van der Waals surface area contributed by atoms with Crippen LogP contribution in [0.3, 0.4) is 0 Å². The third-order valence-corrected chi connectivity index (χ3v) is 4.86. The van der Waals surface area contributed by atoms with E-state index in [-0.39, 0.29) is 17.9 Å². The molecular weight excluding hydrogens is 319 g/mol. The summed E-state index contributed by atoms with van der Waals surface area (Å²) in [6, 6.07) is 10.9. The van der Waals surface area contributed by atoms with E-state index in [9.17, 15) is 4.39 Å². The summed E-state index contributed by atoms with van der Waals surface area (Å²) < 4.78 is 25.0. The van der Waals surface area contributed by atoms with Crippen LogP contribution < -0.4 is 15.2 Å². The zero-order chi connectivity index (χ0) is 18.0. The number of hydrogen-bond acceptors (Lipinski definition) is 4. The maximum absolute atomic E-state index is 14.1. The lowest BCUT2D eigenvalue weighted by molar-refractivity contribution is 0.154. The molecule has 2 atom stereocenters. The quantitative estimate of drug-likeness (QED) is 0.904. The zero-order valence-corrected chi connectivity index (χ0v) is 15.0. The lowest BCUT2D eigenvalue weighted by Gasteiger charge is -2.40. The molecule has 1 aliphatic rings. The van der Waals surface area contributed by atoms with Crippen LogP contribution in [0.4, 0.5) is 4.39 Å². The number of halogens is 1. The second kappa shape index (κ2) is 7.42. The molecule has 1 aliphatic heterocycles. The Hall–Kier alpha value is -2.11. The highest BCUT2D eigenvalue weighted by molar-refractivity contribution is 5.49. The van der Waals surface area contributed by atoms with Gasteiger partial charge in [-0.2, -0.15) is 0 Å². The average Bonchev–Trinajstić information content (AvgIpc) is 2.61. The van der Waals surface area contributed by atoms with Crippen LogP contribution in [0, 0.1) is 5.82 Å². The minimum absolute atomic E-state index is 0.00293. The summed E-state index contributed by atoms with van der Waals surface area (Å²) in [5.74, 6) is 1.25. The normalized spacial score (nSPS) is 18.5. The van der Waals surface area contributed by atoms with Crippen LogP contribution in [0.25, 0.3) is 0 Å². The molecule has 0 bridgehead atoms. The van der Waals surface area contributed by atoms with E-state index in [1.165, 1.54) is 11.6 Å². The Bertz CT molecular complexity index is 748. The largest absolute Gasteiger partial charge is 0.493 e. The molecule has 0 amide bonds. The fraction of sp³-hybridized carbons (Fsp3) is 0.400. The molecule has 0 aromatic heterocycles. The summed E-state index contributed by atoms with van der Waals surface area (Å²) in [5.41, 5.74) is 9.36. The zero-order valence-electron chi connectivity index (χ0n) is 15.0. The van der Waals surface area contributed by atoms with E-state index < -0.39 is 0 Å². The molecule has 5 heteroatoms. The predicted molar refractivity (Wildman–Crippen MR) is 96.5 cm³/mol. The summed E-state index contributed by atoms with van der Waals surface area (Å²) >= 11 is 0. The molecule has 25 heavy (non-hydrogen) atoms. The first-order chi connectivity index (χ1) is 12.0. The lowest BCUT2D eigenvalue weighted by Crippen LogP contribution is -2.43. The molecule has 134 valence electrons. The first kappa shape index (κ1) is 17.7. The summed E-state index contributed by atoms with van der Waals surface area (Å²) in [6.07, 6.45) is 0.868. The van der Waals surface area contributed by atoms with Crippen LogP contribution in [0.5, 0.6) is 11.5 Å². The number of rotatable bonds is 5. The number of ether oxygens (including phenoxy) is 2. The van der Waals surface area contributed by atoms with Crippen molar-refractivity contribution in [2.45, 2.75) is 32.0 Å². The Balaban J connectivity index is 1.98. The van der Waals surface area contributed by atoms with Gasteiger partial charge in [0.05, 0.1) is 20.3 Å². The van der Waals surface area contributed by atoms with Crippen LogP contribution >= 0.6 is 0 Å². The van der Waals surface area contributed by atoms with Gasteiger partial charge >= 0.3 is 0 Å². The maximum atomic E-state index is 14.1. The van der Waals surface area contributed by atoms with Gasteiger partial charge < -0.3 is 15.2 Å². The fourth-order valence-corrected chi connectivity index (χ4v) is 3.67. The minimum Gasteiger partial charge on any atom is -0.493 e. The molecule has 0 radical (unpaired) electrons. The van der Waals surface area contributed by atoms with E-state index in [2.05, 4.69) is 4.90 Å². The van der Waals surface area contributed by atoms with Crippen molar-refractivity contribution in [1.29, 1.82) is 0 Å². The molecule has 2 N–H and O–H groups in total. The van der Waals surface area contributed by atoms with Gasteiger partial charge in [-0.25, -0.2) is 4.39 Å². The number of benzene rings is 2. The van der Waals surface area contributed by atoms with Crippen LogP contribution in [0.2, 0.25) is 0 Å². The van der Waals surface area contributed by atoms with Gasteiger partial charge in [-0.05, 0) is 42.7 Å². The molecule has 2 aromatic carbocycles. The van der Waals surface area contributed by atoms with Gasteiger partial charge in [0.25, 0.3) is 0 Å². The maximum Gasteiger partial charge on any atom is 0.161 e. The number of fused-ring (bicyclic) bond motifs is 1. The second-order valence-corrected chi connectivity index (χ2v) is 6.52. The van der Waals surface area contributed by atoms with E-state index in [1.54, 1.807) is 20.3 Å². The van der Waals surface area contributed by atoms with Gasteiger partial charge in [0, 0.05) is 24.7 Å². The van der Waals surface area contributed by atoms with Gasteiger partial charge in [-0.15, -0.1) is 0 Å². The van der Waals surface area contributed by atoms with E-state index >= 15 is 0 Å². The fourth-order valence-electron chi connectivity index (χ4n) is 3.67. The molecule has 0 saturated carbocycles. The predicted octanol–water partition coefficient (Wildman–Crippen LogP) is 3.29. The molecule has 0 fully saturated rings. The van der Waals surface area contributed by atoms with Crippen molar-refractivity contribution < 1.29 is 13.9 Å². The molecule has 4 nitrogen and oxygen atoms in total. The van der Waals surface area contributed by atoms with E-state index in [0.717, 1.165) is 24.3 Å². The number of hydrogen-bond donors (Lipinski definition) is 1. The number of nitrogens with zero attached hydrogens (tertiary/aromatic N) is 1. The van der Waals surface area contributed by atoms with E-state index in [4.69, 9.17) is 15.2 Å². The van der Waals surface area contributed by atoms with E-state index in [1.807, 2.05) is 31.2 Å². The molecule has 0 unspecified atom stereocenters. The van der Waals surface area contributed by atoms with Crippen molar-refractivity contribution in [3.05, 3.63) is 58.9 Å². The standard InChI is InChI=1S/C20H25FN2O2/c1-13(22)20-16-11-19(25-3)18(24-2)10-14(16)8-9-23(20)12-15-6-4-5-7-17(15)21/h4-7,10-11,13,20H,8-9,12,22H2,1-3H3/t13-,20-/m1/s1. The Morgan fingerprint density at radius 2 is 1.88 bits per heavy atom. The van der Waals surface area contributed by atoms with Gasteiger partial charge in [-0.1, -0.05) is 18.2 Å². The van der Waals surface area contributed by atoms with Crippen molar-refractivity contribution in [3.8, 4) is 11.5 Å². The second-order valence-electron chi connectivity index (χ2n) is 6.52.